The number of carbonyl (C=O) groups excluding carboxylic acids is 2. The Morgan fingerprint density at radius 3 is 2.77 bits per heavy atom. The van der Waals surface area contributed by atoms with Crippen LogP contribution in [0.25, 0.3) is 0 Å². The van der Waals surface area contributed by atoms with Gasteiger partial charge in [-0.05, 0) is 29.8 Å². The Labute approximate surface area is 152 Å². The van der Waals surface area contributed by atoms with Gasteiger partial charge in [-0.25, -0.2) is 0 Å². The Hall–Kier alpha value is -2.77. The van der Waals surface area contributed by atoms with Gasteiger partial charge in [-0.3, -0.25) is 19.5 Å². The van der Waals surface area contributed by atoms with Gasteiger partial charge >= 0.3 is 0 Å². The topological polar surface area (TPSA) is 86.4 Å². The summed E-state index contributed by atoms with van der Waals surface area (Å²) in [6.07, 6.45) is 3.60. The molecule has 3 rings (SSSR count). The third-order valence-electron chi connectivity index (χ3n) is 4.24. The number of anilines is 2. The molecule has 0 saturated carbocycles. The zero-order chi connectivity index (χ0) is 18.4. The molecule has 1 saturated heterocycles. The Kier molecular flexibility index (Phi) is 5.93. The molecule has 1 atom stereocenters. The average Bonchev–Trinajstić information content (AvgIpc) is 2.62. The average molecular weight is 353 g/mol. The maximum absolute atomic E-state index is 12.5. The molecule has 3 N–H and O–H groups in total. The molecule has 26 heavy (non-hydrogen) atoms. The second kappa shape index (κ2) is 8.55. The first-order valence-corrected chi connectivity index (χ1v) is 8.64. The van der Waals surface area contributed by atoms with Crippen LogP contribution in [0.2, 0.25) is 0 Å². The predicted molar refractivity (Wildman–Crippen MR) is 101 cm³/mol. The van der Waals surface area contributed by atoms with Crippen LogP contribution in [0, 0.1) is 0 Å². The van der Waals surface area contributed by atoms with Crippen molar-refractivity contribution in [1.29, 1.82) is 0 Å². The van der Waals surface area contributed by atoms with Crippen molar-refractivity contribution in [2.75, 3.05) is 36.8 Å². The van der Waals surface area contributed by atoms with E-state index in [1.165, 1.54) is 6.92 Å². The lowest BCUT2D eigenvalue weighted by molar-refractivity contribution is -0.118. The highest BCUT2D eigenvalue weighted by Gasteiger charge is 2.25. The smallest absolute Gasteiger partial charge is 0.238 e. The maximum atomic E-state index is 12.5. The first-order valence-electron chi connectivity index (χ1n) is 8.64. The van der Waals surface area contributed by atoms with Crippen molar-refractivity contribution in [1.82, 2.24) is 15.2 Å². The summed E-state index contributed by atoms with van der Waals surface area (Å²) in [5.41, 5.74) is 2.42. The highest BCUT2D eigenvalue weighted by Crippen LogP contribution is 2.21. The van der Waals surface area contributed by atoms with Crippen molar-refractivity contribution in [3.05, 3.63) is 54.4 Å². The molecule has 1 aliphatic heterocycles. The van der Waals surface area contributed by atoms with Crippen molar-refractivity contribution < 1.29 is 9.59 Å². The van der Waals surface area contributed by atoms with Crippen molar-refractivity contribution in [2.45, 2.75) is 13.0 Å². The van der Waals surface area contributed by atoms with E-state index in [0.717, 1.165) is 25.2 Å². The van der Waals surface area contributed by atoms with Gasteiger partial charge in [0, 0.05) is 56.4 Å². The number of piperazine rings is 1. The van der Waals surface area contributed by atoms with Crippen LogP contribution < -0.4 is 16.0 Å². The summed E-state index contributed by atoms with van der Waals surface area (Å²) in [7, 11) is 0. The summed E-state index contributed by atoms with van der Waals surface area (Å²) in [6.45, 7) is 4.18. The van der Waals surface area contributed by atoms with Crippen LogP contribution in [-0.4, -0.2) is 47.9 Å². The van der Waals surface area contributed by atoms with E-state index >= 15 is 0 Å². The summed E-state index contributed by atoms with van der Waals surface area (Å²) < 4.78 is 0. The first kappa shape index (κ1) is 18.0. The van der Waals surface area contributed by atoms with Crippen LogP contribution >= 0.6 is 0 Å². The van der Waals surface area contributed by atoms with E-state index in [-0.39, 0.29) is 17.9 Å². The number of hydrogen-bond acceptors (Lipinski definition) is 5. The molecule has 1 aliphatic rings. The third kappa shape index (κ3) is 4.87. The molecule has 1 aromatic heterocycles. The van der Waals surface area contributed by atoms with E-state index in [0.29, 0.717) is 17.9 Å². The highest BCUT2D eigenvalue weighted by atomic mass is 16.2. The van der Waals surface area contributed by atoms with E-state index in [4.69, 9.17) is 0 Å². The molecule has 2 heterocycles. The van der Waals surface area contributed by atoms with Crippen LogP contribution in [0.1, 0.15) is 18.5 Å². The van der Waals surface area contributed by atoms with Crippen LogP contribution in [0.5, 0.6) is 0 Å². The lowest BCUT2D eigenvalue weighted by atomic mass is 10.1. The van der Waals surface area contributed by atoms with Crippen LogP contribution in [-0.2, 0) is 9.59 Å². The fourth-order valence-corrected chi connectivity index (χ4v) is 3.10. The number of hydrogen-bond donors (Lipinski definition) is 3. The van der Waals surface area contributed by atoms with Gasteiger partial charge in [-0.1, -0.05) is 12.1 Å². The Balaban J connectivity index is 1.64. The standard InChI is InChI=1S/C19H23N5O2/c1-14(25)22-16-5-2-6-17(10-16)23-19(26)13-24-9-8-21-12-18(24)15-4-3-7-20-11-15/h2-7,10-11,18,21H,8-9,12-13H2,1H3,(H,22,25)(H,23,26). The molecule has 0 radical (unpaired) electrons. The zero-order valence-corrected chi connectivity index (χ0v) is 14.7. The number of aromatic nitrogens is 1. The second-order valence-electron chi connectivity index (χ2n) is 6.29. The monoisotopic (exact) mass is 353 g/mol. The van der Waals surface area contributed by atoms with Gasteiger partial charge in [-0.15, -0.1) is 0 Å². The molecule has 0 spiro atoms. The zero-order valence-electron chi connectivity index (χ0n) is 14.7. The summed E-state index contributed by atoms with van der Waals surface area (Å²) in [5.74, 6) is -0.227. The molecule has 1 fully saturated rings. The molecule has 0 bridgehead atoms. The van der Waals surface area contributed by atoms with Gasteiger partial charge in [0.2, 0.25) is 11.8 Å². The van der Waals surface area contributed by atoms with Gasteiger partial charge in [0.15, 0.2) is 0 Å². The number of benzene rings is 1. The van der Waals surface area contributed by atoms with Crippen LogP contribution in [0.4, 0.5) is 11.4 Å². The van der Waals surface area contributed by atoms with Crippen LogP contribution in [0.3, 0.4) is 0 Å². The summed E-state index contributed by atoms with van der Waals surface area (Å²) in [4.78, 5) is 30.0. The van der Waals surface area contributed by atoms with Crippen molar-refractivity contribution in [2.24, 2.45) is 0 Å². The van der Waals surface area contributed by atoms with Gasteiger partial charge in [0.1, 0.15) is 0 Å². The molecule has 1 aromatic carbocycles. The minimum Gasteiger partial charge on any atom is -0.326 e. The number of nitrogens with zero attached hydrogens (tertiary/aromatic N) is 2. The van der Waals surface area contributed by atoms with E-state index in [9.17, 15) is 9.59 Å². The molecule has 7 heteroatoms. The number of carbonyl (C=O) groups is 2. The van der Waals surface area contributed by atoms with Gasteiger partial charge in [-0.2, -0.15) is 0 Å². The fourth-order valence-electron chi connectivity index (χ4n) is 3.10. The Morgan fingerprint density at radius 1 is 1.23 bits per heavy atom. The van der Waals surface area contributed by atoms with Gasteiger partial charge in [0.25, 0.3) is 0 Å². The summed E-state index contributed by atoms with van der Waals surface area (Å²) in [6, 6.07) is 11.2. The second-order valence-corrected chi connectivity index (χ2v) is 6.29. The Morgan fingerprint density at radius 2 is 2.04 bits per heavy atom. The largest absolute Gasteiger partial charge is 0.326 e. The first-order chi connectivity index (χ1) is 12.6. The van der Waals surface area contributed by atoms with E-state index in [1.54, 1.807) is 30.5 Å². The normalized spacial score (nSPS) is 17.5. The highest BCUT2D eigenvalue weighted by molar-refractivity contribution is 5.94. The molecule has 7 nitrogen and oxygen atoms in total. The van der Waals surface area contributed by atoms with Gasteiger partial charge < -0.3 is 16.0 Å². The maximum Gasteiger partial charge on any atom is 0.238 e. The third-order valence-corrected chi connectivity index (χ3v) is 4.24. The quantitative estimate of drug-likeness (QED) is 0.761. The molecule has 136 valence electrons. The van der Waals surface area contributed by atoms with E-state index in [2.05, 4.69) is 25.8 Å². The van der Waals surface area contributed by atoms with Crippen LogP contribution in [0.15, 0.2) is 48.8 Å². The van der Waals surface area contributed by atoms with Crippen molar-refractivity contribution in [3.8, 4) is 0 Å². The molecule has 1 unspecified atom stereocenters. The minimum atomic E-state index is -0.145. The SMILES string of the molecule is CC(=O)Nc1cccc(NC(=O)CN2CCNCC2c2cccnc2)c1. The fraction of sp³-hybridized carbons (Fsp3) is 0.316. The van der Waals surface area contributed by atoms with Crippen molar-refractivity contribution >= 4 is 23.2 Å². The number of amides is 2. The summed E-state index contributed by atoms with van der Waals surface area (Å²) >= 11 is 0. The van der Waals surface area contributed by atoms with E-state index < -0.39 is 0 Å². The van der Waals surface area contributed by atoms with E-state index in [1.807, 2.05) is 18.3 Å². The number of rotatable bonds is 5. The molecular weight excluding hydrogens is 330 g/mol. The number of pyridine rings is 1. The minimum absolute atomic E-state index is 0.0826. The molecular formula is C19H23N5O2. The molecule has 0 aliphatic carbocycles. The van der Waals surface area contributed by atoms with Gasteiger partial charge in [0.05, 0.1) is 6.54 Å². The number of nitrogens with one attached hydrogen (secondary N) is 3. The lowest BCUT2D eigenvalue weighted by Crippen LogP contribution is -2.48. The molecule has 2 aromatic rings. The predicted octanol–water partition coefficient (Wildman–Crippen LogP) is 1.62. The Bertz CT molecular complexity index is 766. The van der Waals surface area contributed by atoms with Crippen molar-refractivity contribution in [3.63, 3.8) is 0 Å². The molecule has 2 amide bonds. The lowest BCUT2D eigenvalue weighted by Gasteiger charge is -2.35. The summed E-state index contributed by atoms with van der Waals surface area (Å²) in [5, 5.41) is 8.99.